The van der Waals surface area contributed by atoms with E-state index in [0.29, 0.717) is 11.1 Å². The number of nitrogens with one attached hydrogen (secondary N) is 1. The summed E-state index contributed by atoms with van der Waals surface area (Å²) in [7, 11) is -3.10. The fourth-order valence-electron chi connectivity index (χ4n) is 3.82. The summed E-state index contributed by atoms with van der Waals surface area (Å²) < 4.78 is 90.3. The van der Waals surface area contributed by atoms with Crippen molar-refractivity contribution in [2.75, 3.05) is 17.8 Å². The highest BCUT2D eigenvalue weighted by Gasteiger charge is 2.50. The molecule has 1 aromatic carbocycles. The summed E-state index contributed by atoms with van der Waals surface area (Å²) in [4.78, 5) is 19.5. The molecule has 6 nitrogen and oxygen atoms in total. The van der Waals surface area contributed by atoms with Gasteiger partial charge in [0.15, 0.2) is 0 Å². The molecule has 0 radical (unpaired) electrons. The third-order valence-electron chi connectivity index (χ3n) is 5.42. The van der Waals surface area contributed by atoms with E-state index in [4.69, 9.17) is 0 Å². The zero-order valence-electron chi connectivity index (χ0n) is 16.5. The van der Waals surface area contributed by atoms with Gasteiger partial charge >= 0.3 is 12.1 Å². The van der Waals surface area contributed by atoms with E-state index < -0.39 is 57.3 Å². The molecule has 1 atom stereocenters. The van der Waals surface area contributed by atoms with E-state index in [0.717, 1.165) is 0 Å². The first kappa shape index (κ1) is 22.9. The normalized spacial score (nSPS) is 25.0. The predicted molar refractivity (Wildman–Crippen MR) is 106 cm³/mol. The average molecular weight is 493 g/mol. The van der Waals surface area contributed by atoms with E-state index in [1.165, 1.54) is 30.5 Å². The van der Waals surface area contributed by atoms with Crippen molar-refractivity contribution in [3.05, 3.63) is 41.1 Å². The van der Waals surface area contributed by atoms with Crippen molar-refractivity contribution in [1.82, 2.24) is 15.3 Å². The summed E-state index contributed by atoms with van der Waals surface area (Å²) >= 11 is 0. The van der Waals surface area contributed by atoms with Crippen LogP contribution in [0, 0.1) is 0 Å². The number of rotatable bonds is 4. The molecule has 0 bridgehead atoms. The minimum Gasteiger partial charge on any atom is -0.337 e. The highest BCUT2D eigenvalue weighted by Crippen LogP contribution is 2.44. The number of aromatic nitrogens is 2. The molecule has 0 spiro atoms. The van der Waals surface area contributed by atoms with E-state index in [1.54, 1.807) is 0 Å². The third kappa shape index (κ3) is 3.96. The molecule has 1 unspecified atom stereocenters. The lowest BCUT2D eigenvalue weighted by Gasteiger charge is -2.42. The summed E-state index contributed by atoms with van der Waals surface area (Å²) in [6.45, 7) is 0. The largest absolute Gasteiger partial charge is 0.471 e. The van der Waals surface area contributed by atoms with Gasteiger partial charge in [0, 0.05) is 34.6 Å². The number of amides is 1. The summed E-state index contributed by atoms with van der Waals surface area (Å²) in [5.41, 5.74) is -0.827. The molecule has 2 heterocycles. The number of hydrogen-bond donors (Lipinski definition) is 1. The topological polar surface area (TPSA) is 89.0 Å². The summed E-state index contributed by atoms with van der Waals surface area (Å²) in [6, 6.07) is 5.82. The second-order valence-corrected chi connectivity index (χ2v) is 10.4. The van der Waals surface area contributed by atoms with Crippen molar-refractivity contribution in [2.45, 2.75) is 35.6 Å². The van der Waals surface area contributed by atoms with Gasteiger partial charge in [-0.2, -0.15) is 22.0 Å². The van der Waals surface area contributed by atoms with Crippen LogP contribution in [0.1, 0.15) is 23.2 Å². The maximum absolute atomic E-state index is 14.3. The highest BCUT2D eigenvalue weighted by atomic mass is 32.2. The highest BCUT2D eigenvalue weighted by molar-refractivity contribution is 7.86. The van der Waals surface area contributed by atoms with Gasteiger partial charge in [0.25, 0.3) is 5.92 Å². The molecule has 172 valence electrons. The predicted octanol–water partition coefficient (Wildman–Crippen LogP) is 2.56. The Morgan fingerprint density at radius 2 is 1.78 bits per heavy atom. The van der Waals surface area contributed by atoms with Crippen LogP contribution in [0.4, 0.5) is 22.0 Å². The van der Waals surface area contributed by atoms with Gasteiger partial charge in [0.05, 0.1) is 33.5 Å². The monoisotopic (exact) mass is 493 g/mol. The number of nitrogens with zero attached hydrogens (tertiary/aromatic N) is 2. The van der Waals surface area contributed by atoms with Crippen molar-refractivity contribution in [3.8, 4) is 11.3 Å². The molecule has 0 saturated carbocycles. The number of alkyl halides is 5. The minimum atomic E-state index is -5.09. The van der Waals surface area contributed by atoms with Crippen LogP contribution >= 0.6 is 0 Å². The van der Waals surface area contributed by atoms with Gasteiger partial charge in [-0.3, -0.25) is 13.2 Å². The summed E-state index contributed by atoms with van der Waals surface area (Å²) in [5.74, 6) is -5.67. The van der Waals surface area contributed by atoms with Crippen molar-refractivity contribution >= 4 is 27.5 Å². The number of hydrogen-bond acceptors (Lipinski definition) is 5. The Morgan fingerprint density at radius 3 is 2.31 bits per heavy atom. The molecular weight excluding hydrogens is 477 g/mol. The van der Waals surface area contributed by atoms with Crippen LogP contribution in [0.5, 0.6) is 0 Å². The zero-order chi connectivity index (χ0) is 23.5. The van der Waals surface area contributed by atoms with Crippen molar-refractivity contribution in [1.29, 1.82) is 0 Å². The number of benzene rings is 1. The van der Waals surface area contributed by atoms with Gasteiger partial charge in [0.1, 0.15) is 5.69 Å². The van der Waals surface area contributed by atoms with Gasteiger partial charge in [-0.15, -0.1) is 0 Å². The van der Waals surface area contributed by atoms with Gasteiger partial charge in [0.2, 0.25) is 5.16 Å². The molecule has 1 fully saturated rings. The number of fused-ring (bicyclic) bond motifs is 1. The lowest BCUT2D eigenvalue weighted by molar-refractivity contribution is -0.175. The number of halogens is 5. The van der Waals surface area contributed by atoms with Crippen LogP contribution in [0.3, 0.4) is 0 Å². The van der Waals surface area contributed by atoms with Gasteiger partial charge in [-0.25, -0.2) is 9.97 Å². The van der Waals surface area contributed by atoms with Crippen LogP contribution in [0.25, 0.3) is 11.3 Å². The van der Waals surface area contributed by atoms with Gasteiger partial charge in [-0.1, -0.05) is 24.3 Å². The van der Waals surface area contributed by atoms with E-state index in [1.807, 2.05) is 5.32 Å². The maximum atomic E-state index is 14.3. The van der Waals surface area contributed by atoms with Gasteiger partial charge < -0.3 is 5.32 Å². The first-order valence-corrected chi connectivity index (χ1v) is 12.3. The first-order chi connectivity index (χ1) is 14.8. The van der Waals surface area contributed by atoms with Crippen molar-refractivity contribution in [2.24, 2.45) is 0 Å². The molecule has 1 saturated heterocycles. The molecule has 13 heteroatoms. The van der Waals surface area contributed by atoms with Crippen LogP contribution in [-0.2, 0) is 44.3 Å². The lowest BCUT2D eigenvalue weighted by atomic mass is 9.91. The third-order valence-corrected chi connectivity index (χ3v) is 7.74. The summed E-state index contributed by atoms with van der Waals surface area (Å²) in [5, 5.41) is 1.69. The Balaban J connectivity index is 1.73. The molecule has 2 aromatic rings. The molecule has 1 N–H and O–H groups in total. The van der Waals surface area contributed by atoms with Crippen LogP contribution < -0.4 is 5.32 Å². The first-order valence-electron chi connectivity index (χ1n) is 9.30. The van der Waals surface area contributed by atoms with E-state index in [9.17, 15) is 35.2 Å². The minimum absolute atomic E-state index is 0.0145. The Labute approximate surface area is 183 Å². The SMILES string of the molecule is CS(=O)c1nc(-c2ccc(C3(NC(=O)C(F)(F)F)CS(=O)C3)cc2)c2c(n1)C(F)(F)CC2. The van der Waals surface area contributed by atoms with Gasteiger partial charge in [-0.05, 0) is 12.0 Å². The van der Waals surface area contributed by atoms with Crippen LogP contribution in [-0.4, -0.2) is 48.2 Å². The molecule has 1 aliphatic heterocycles. The Bertz CT molecular complexity index is 1140. The zero-order valence-corrected chi connectivity index (χ0v) is 18.1. The molecule has 1 aliphatic carbocycles. The maximum Gasteiger partial charge on any atom is 0.471 e. The second-order valence-electron chi connectivity index (χ2n) is 7.68. The molecule has 1 amide bonds. The fraction of sp³-hybridized carbons (Fsp3) is 0.421. The standard InChI is InChI=1S/C19H16F5N3O3S2/c1-31(29)16-25-13(12-6-7-18(20,21)14(12)26-16)10-2-4-11(5-3-10)17(8-32(30)9-17)27-15(28)19(22,23)24/h2-5H,6-9H2,1H3,(H,27,28). The van der Waals surface area contributed by atoms with E-state index in [2.05, 4.69) is 9.97 Å². The summed E-state index contributed by atoms with van der Waals surface area (Å²) in [6.07, 6.45) is -4.27. The fourth-order valence-corrected chi connectivity index (χ4v) is 5.76. The Kier molecular flexibility index (Phi) is 5.47. The van der Waals surface area contributed by atoms with E-state index in [-0.39, 0.29) is 34.3 Å². The van der Waals surface area contributed by atoms with E-state index >= 15 is 0 Å². The van der Waals surface area contributed by atoms with Crippen LogP contribution in [0.15, 0.2) is 29.4 Å². The Hall–Kier alpha value is -2.28. The smallest absolute Gasteiger partial charge is 0.337 e. The molecule has 2 aliphatic rings. The lowest BCUT2D eigenvalue weighted by Crippen LogP contribution is -2.62. The number of carbonyl (C=O) groups is 1. The van der Waals surface area contributed by atoms with Crippen molar-refractivity contribution in [3.63, 3.8) is 0 Å². The molecule has 1 aromatic heterocycles. The Morgan fingerprint density at radius 1 is 1.16 bits per heavy atom. The van der Waals surface area contributed by atoms with Crippen molar-refractivity contribution < 1.29 is 35.2 Å². The quantitative estimate of drug-likeness (QED) is 0.523. The molecular formula is C19H16F5N3O3S2. The molecule has 4 rings (SSSR count). The second kappa shape index (κ2) is 7.65. The van der Waals surface area contributed by atoms with Crippen LogP contribution in [0.2, 0.25) is 0 Å². The number of carbonyl (C=O) groups excluding carboxylic acids is 1. The molecule has 32 heavy (non-hydrogen) atoms. The average Bonchev–Trinajstić information content (AvgIpc) is 3.00.